The summed E-state index contributed by atoms with van der Waals surface area (Å²) in [6, 6.07) is 7.29. The first-order valence-electron chi connectivity index (χ1n) is 7.63. The second-order valence-corrected chi connectivity index (χ2v) is 6.64. The summed E-state index contributed by atoms with van der Waals surface area (Å²) in [4.78, 5) is 11.5. The number of carbonyl (C=O) groups excluding carboxylic acids is 1. The van der Waals surface area contributed by atoms with Crippen molar-refractivity contribution in [2.75, 3.05) is 0 Å². The van der Waals surface area contributed by atoms with Crippen molar-refractivity contribution in [3.63, 3.8) is 0 Å². The maximum absolute atomic E-state index is 11.5. The van der Waals surface area contributed by atoms with Gasteiger partial charge in [-0.05, 0) is 75.6 Å². The standard InChI is InChI=1S/C18H22O3/c1-12(2)17(19)20-15-6-8-16(9-7-15)21-18(3)11-13-4-5-14(18)10-13/h6-9,13-14H,1,4-5,10-11H2,2-3H3. The molecule has 0 aliphatic heterocycles. The zero-order valence-corrected chi connectivity index (χ0v) is 12.7. The Bertz CT molecular complexity index is 560. The third kappa shape index (κ3) is 2.82. The zero-order chi connectivity index (χ0) is 15.0. The molecule has 2 fully saturated rings. The minimum absolute atomic E-state index is 0.0290. The van der Waals surface area contributed by atoms with Gasteiger partial charge in [0.05, 0.1) is 0 Å². The lowest BCUT2D eigenvalue weighted by atomic mass is 9.85. The molecule has 2 bridgehead atoms. The Balaban J connectivity index is 1.65. The van der Waals surface area contributed by atoms with Crippen LogP contribution in [0.2, 0.25) is 0 Å². The SMILES string of the molecule is C=C(C)C(=O)Oc1ccc(OC2(C)CC3CCC2C3)cc1. The molecule has 0 N–H and O–H groups in total. The van der Waals surface area contributed by atoms with Gasteiger partial charge in [0, 0.05) is 5.57 Å². The van der Waals surface area contributed by atoms with E-state index in [9.17, 15) is 4.79 Å². The number of hydrogen-bond donors (Lipinski definition) is 0. The van der Waals surface area contributed by atoms with Crippen molar-refractivity contribution in [2.45, 2.75) is 45.1 Å². The molecule has 2 saturated carbocycles. The molecular weight excluding hydrogens is 264 g/mol. The van der Waals surface area contributed by atoms with Gasteiger partial charge in [-0.15, -0.1) is 0 Å². The van der Waals surface area contributed by atoms with Crippen molar-refractivity contribution in [1.82, 2.24) is 0 Å². The Morgan fingerprint density at radius 2 is 1.90 bits per heavy atom. The van der Waals surface area contributed by atoms with E-state index in [0.29, 0.717) is 17.2 Å². The summed E-state index contributed by atoms with van der Waals surface area (Å²) in [5.74, 6) is 2.50. The molecular formula is C18H22O3. The van der Waals surface area contributed by atoms with Crippen molar-refractivity contribution in [3.05, 3.63) is 36.4 Å². The van der Waals surface area contributed by atoms with E-state index >= 15 is 0 Å². The molecule has 3 unspecified atom stereocenters. The quantitative estimate of drug-likeness (QED) is 0.474. The average Bonchev–Trinajstić information content (AvgIpc) is 3.00. The van der Waals surface area contributed by atoms with Crippen LogP contribution in [0.15, 0.2) is 36.4 Å². The van der Waals surface area contributed by atoms with E-state index in [1.54, 1.807) is 19.1 Å². The predicted molar refractivity (Wildman–Crippen MR) is 81.4 cm³/mol. The van der Waals surface area contributed by atoms with E-state index in [1.807, 2.05) is 12.1 Å². The Kier molecular flexibility index (Phi) is 3.52. The number of carbonyl (C=O) groups is 1. The summed E-state index contributed by atoms with van der Waals surface area (Å²) in [5.41, 5.74) is 0.364. The van der Waals surface area contributed by atoms with E-state index in [4.69, 9.17) is 9.47 Å². The summed E-state index contributed by atoms with van der Waals surface area (Å²) < 4.78 is 11.4. The number of fused-ring (bicyclic) bond motifs is 2. The highest BCUT2D eigenvalue weighted by atomic mass is 16.5. The van der Waals surface area contributed by atoms with Crippen LogP contribution in [0.25, 0.3) is 0 Å². The van der Waals surface area contributed by atoms with Gasteiger partial charge in [-0.2, -0.15) is 0 Å². The first kappa shape index (κ1) is 14.2. The minimum Gasteiger partial charge on any atom is -0.487 e. The molecule has 0 radical (unpaired) electrons. The van der Waals surface area contributed by atoms with Crippen LogP contribution in [-0.4, -0.2) is 11.6 Å². The highest BCUT2D eigenvalue weighted by Crippen LogP contribution is 2.52. The van der Waals surface area contributed by atoms with Crippen LogP contribution < -0.4 is 9.47 Å². The lowest BCUT2D eigenvalue weighted by Crippen LogP contribution is -2.38. The maximum Gasteiger partial charge on any atom is 0.338 e. The van der Waals surface area contributed by atoms with Crippen LogP contribution in [0.4, 0.5) is 0 Å². The lowest BCUT2D eigenvalue weighted by molar-refractivity contribution is -0.130. The van der Waals surface area contributed by atoms with Gasteiger partial charge in [0.25, 0.3) is 0 Å². The van der Waals surface area contributed by atoms with Crippen molar-refractivity contribution >= 4 is 5.97 Å². The molecule has 0 amide bonds. The summed E-state index contributed by atoms with van der Waals surface area (Å²) in [6.45, 7) is 7.43. The molecule has 21 heavy (non-hydrogen) atoms. The Morgan fingerprint density at radius 1 is 1.24 bits per heavy atom. The van der Waals surface area contributed by atoms with Gasteiger partial charge < -0.3 is 9.47 Å². The number of hydrogen-bond acceptors (Lipinski definition) is 3. The highest BCUT2D eigenvalue weighted by Gasteiger charge is 2.49. The summed E-state index contributed by atoms with van der Waals surface area (Å²) >= 11 is 0. The van der Waals surface area contributed by atoms with Crippen LogP contribution in [0.5, 0.6) is 11.5 Å². The number of esters is 1. The van der Waals surface area contributed by atoms with Crippen molar-refractivity contribution in [1.29, 1.82) is 0 Å². The third-order valence-corrected chi connectivity index (χ3v) is 4.83. The highest BCUT2D eigenvalue weighted by molar-refractivity contribution is 5.88. The molecule has 3 atom stereocenters. The van der Waals surface area contributed by atoms with Crippen molar-refractivity contribution < 1.29 is 14.3 Å². The van der Waals surface area contributed by atoms with Crippen LogP contribution in [0.3, 0.4) is 0 Å². The van der Waals surface area contributed by atoms with E-state index in [-0.39, 0.29) is 5.60 Å². The monoisotopic (exact) mass is 286 g/mol. The second kappa shape index (κ2) is 5.21. The zero-order valence-electron chi connectivity index (χ0n) is 12.7. The largest absolute Gasteiger partial charge is 0.487 e. The van der Waals surface area contributed by atoms with Gasteiger partial charge in [0.15, 0.2) is 0 Å². The smallest absolute Gasteiger partial charge is 0.338 e. The molecule has 0 aromatic heterocycles. The summed E-state index contributed by atoms with van der Waals surface area (Å²) in [6.07, 6.45) is 5.11. The fourth-order valence-corrected chi connectivity index (χ4v) is 3.72. The molecule has 112 valence electrons. The Labute approximate surface area is 125 Å². The molecule has 0 heterocycles. The molecule has 0 spiro atoms. The number of rotatable bonds is 4. The van der Waals surface area contributed by atoms with Crippen LogP contribution in [0.1, 0.15) is 39.5 Å². The number of ether oxygens (including phenoxy) is 2. The molecule has 3 nitrogen and oxygen atoms in total. The summed E-state index contributed by atoms with van der Waals surface area (Å²) in [5, 5.41) is 0. The molecule has 3 heteroatoms. The Hall–Kier alpha value is -1.77. The molecule has 2 aliphatic carbocycles. The van der Waals surface area contributed by atoms with E-state index in [0.717, 1.165) is 18.1 Å². The molecule has 2 aliphatic rings. The third-order valence-electron chi connectivity index (χ3n) is 4.83. The van der Waals surface area contributed by atoms with E-state index in [2.05, 4.69) is 13.5 Å². The van der Waals surface area contributed by atoms with Crippen LogP contribution >= 0.6 is 0 Å². The van der Waals surface area contributed by atoms with Crippen molar-refractivity contribution in [2.24, 2.45) is 11.8 Å². The topological polar surface area (TPSA) is 35.5 Å². The van der Waals surface area contributed by atoms with Crippen LogP contribution in [0, 0.1) is 11.8 Å². The number of benzene rings is 1. The van der Waals surface area contributed by atoms with Gasteiger partial charge in [-0.25, -0.2) is 4.79 Å². The van der Waals surface area contributed by atoms with Crippen LogP contribution in [-0.2, 0) is 4.79 Å². The van der Waals surface area contributed by atoms with Crippen molar-refractivity contribution in [3.8, 4) is 11.5 Å². The maximum atomic E-state index is 11.5. The van der Waals surface area contributed by atoms with Gasteiger partial charge in [0.1, 0.15) is 17.1 Å². The molecule has 1 aromatic carbocycles. The fraction of sp³-hybridized carbons (Fsp3) is 0.500. The van der Waals surface area contributed by atoms with E-state index in [1.165, 1.54) is 19.3 Å². The van der Waals surface area contributed by atoms with Gasteiger partial charge in [-0.1, -0.05) is 6.58 Å². The average molecular weight is 286 g/mol. The van der Waals surface area contributed by atoms with Gasteiger partial charge >= 0.3 is 5.97 Å². The lowest BCUT2D eigenvalue weighted by Gasteiger charge is -2.34. The van der Waals surface area contributed by atoms with Gasteiger partial charge in [-0.3, -0.25) is 0 Å². The predicted octanol–water partition coefficient (Wildman–Crippen LogP) is 4.13. The van der Waals surface area contributed by atoms with Gasteiger partial charge in [0.2, 0.25) is 0 Å². The van der Waals surface area contributed by atoms with E-state index < -0.39 is 5.97 Å². The second-order valence-electron chi connectivity index (χ2n) is 6.64. The normalized spacial score (nSPS) is 30.2. The Morgan fingerprint density at radius 3 is 2.43 bits per heavy atom. The first-order valence-corrected chi connectivity index (χ1v) is 7.63. The summed E-state index contributed by atoms with van der Waals surface area (Å²) in [7, 11) is 0. The molecule has 1 aromatic rings. The fourth-order valence-electron chi connectivity index (χ4n) is 3.72. The minimum atomic E-state index is -0.399. The molecule has 0 saturated heterocycles. The molecule has 3 rings (SSSR count). The first-order chi connectivity index (χ1) is 9.96.